The molecular formula is C15H24N2O2. The van der Waals surface area contributed by atoms with Crippen molar-refractivity contribution in [2.24, 2.45) is 5.92 Å². The third-order valence-corrected chi connectivity index (χ3v) is 4.05. The van der Waals surface area contributed by atoms with Gasteiger partial charge in [-0.05, 0) is 33.7 Å². The molecule has 2 rings (SSSR count). The second-order valence-electron chi connectivity index (χ2n) is 5.27. The summed E-state index contributed by atoms with van der Waals surface area (Å²) >= 11 is 0. The van der Waals surface area contributed by atoms with Crippen LogP contribution in [0.2, 0.25) is 0 Å². The van der Waals surface area contributed by atoms with E-state index in [0.717, 1.165) is 48.6 Å². The summed E-state index contributed by atoms with van der Waals surface area (Å²) in [7, 11) is 3.75. The van der Waals surface area contributed by atoms with E-state index in [4.69, 9.17) is 9.47 Å². The molecule has 2 atom stereocenters. The van der Waals surface area contributed by atoms with Gasteiger partial charge in [-0.2, -0.15) is 0 Å². The van der Waals surface area contributed by atoms with E-state index >= 15 is 0 Å². The van der Waals surface area contributed by atoms with Crippen LogP contribution in [0, 0.1) is 19.8 Å². The Morgan fingerprint density at radius 2 is 2.26 bits per heavy atom. The number of rotatable bonds is 4. The molecule has 19 heavy (non-hydrogen) atoms. The van der Waals surface area contributed by atoms with Crippen molar-refractivity contribution in [1.29, 1.82) is 0 Å². The normalized spacial score (nSPS) is 23.4. The minimum Gasteiger partial charge on any atom is -0.496 e. The molecular weight excluding hydrogens is 240 g/mol. The lowest BCUT2D eigenvalue weighted by molar-refractivity contribution is 0.0338. The average Bonchev–Trinajstić information content (AvgIpc) is 2.43. The predicted octanol–water partition coefficient (Wildman–Crippen LogP) is 1.87. The number of nitrogens with zero attached hydrogens (tertiary/aromatic N) is 1. The highest BCUT2D eigenvalue weighted by Crippen LogP contribution is 2.27. The van der Waals surface area contributed by atoms with Gasteiger partial charge in [-0.25, -0.2) is 0 Å². The standard InChI is InChI=1S/C15H24N2O2/c1-10-8-17-14(11(2)15(10)18-4)7-12-9-19-6-5-13(12)16-3/h8,12-13,16H,5-7,9H2,1-4H3. The number of hydrogen-bond acceptors (Lipinski definition) is 4. The van der Waals surface area contributed by atoms with Crippen LogP contribution in [-0.4, -0.2) is 38.4 Å². The number of ether oxygens (including phenoxy) is 2. The number of nitrogens with one attached hydrogen (secondary N) is 1. The number of hydrogen-bond donors (Lipinski definition) is 1. The van der Waals surface area contributed by atoms with Gasteiger partial charge in [0, 0.05) is 41.6 Å². The molecule has 1 aromatic heterocycles. The summed E-state index contributed by atoms with van der Waals surface area (Å²) < 4.78 is 11.1. The van der Waals surface area contributed by atoms with Crippen LogP contribution in [0.25, 0.3) is 0 Å². The first-order valence-corrected chi connectivity index (χ1v) is 6.91. The first kappa shape index (κ1) is 14.3. The first-order chi connectivity index (χ1) is 9.17. The quantitative estimate of drug-likeness (QED) is 0.901. The Morgan fingerprint density at radius 1 is 1.47 bits per heavy atom. The molecule has 106 valence electrons. The Morgan fingerprint density at radius 3 is 2.95 bits per heavy atom. The van der Waals surface area contributed by atoms with E-state index in [9.17, 15) is 0 Å². The molecule has 0 aromatic carbocycles. The van der Waals surface area contributed by atoms with E-state index in [0.29, 0.717) is 12.0 Å². The van der Waals surface area contributed by atoms with Crippen LogP contribution in [0.5, 0.6) is 5.75 Å². The fourth-order valence-corrected chi connectivity index (χ4v) is 2.90. The summed E-state index contributed by atoms with van der Waals surface area (Å²) in [4.78, 5) is 4.59. The van der Waals surface area contributed by atoms with Crippen LogP contribution in [0.1, 0.15) is 23.2 Å². The third kappa shape index (κ3) is 3.07. The first-order valence-electron chi connectivity index (χ1n) is 6.91. The third-order valence-electron chi connectivity index (χ3n) is 4.05. The summed E-state index contributed by atoms with van der Waals surface area (Å²) in [6.07, 6.45) is 3.91. The molecule has 4 heteroatoms. The second-order valence-corrected chi connectivity index (χ2v) is 5.27. The smallest absolute Gasteiger partial charge is 0.128 e. The zero-order valence-corrected chi connectivity index (χ0v) is 12.3. The molecule has 1 aromatic rings. The lowest BCUT2D eigenvalue weighted by atomic mass is 9.90. The Balaban J connectivity index is 2.18. The van der Waals surface area contributed by atoms with Gasteiger partial charge in [0.15, 0.2) is 0 Å². The fraction of sp³-hybridized carbons (Fsp3) is 0.667. The van der Waals surface area contributed by atoms with E-state index in [1.807, 2.05) is 20.2 Å². The summed E-state index contributed by atoms with van der Waals surface area (Å²) in [5, 5.41) is 3.39. The fourth-order valence-electron chi connectivity index (χ4n) is 2.90. The van der Waals surface area contributed by atoms with Gasteiger partial charge >= 0.3 is 0 Å². The van der Waals surface area contributed by atoms with E-state index in [1.54, 1.807) is 7.11 Å². The Kier molecular flexibility index (Phi) is 4.77. The Bertz CT molecular complexity index is 434. The van der Waals surface area contributed by atoms with E-state index in [1.165, 1.54) is 0 Å². The topological polar surface area (TPSA) is 43.4 Å². The van der Waals surface area contributed by atoms with Gasteiger partial charge in [0.1, 0.15) is 5.75 Å². The summed E-state index contributed by atoms with van der Waals surface area (Å²) in [6, 6.07) is 0.516. The Hall–Kier alpha value is -1.13. The van der Waals surface area contributed by atoms with Gasteiger partial charge < -0.3 is 14.8 Å². The van der Waals surface area contributed by atoms with Crippen molar-refractivity contribution in [2.75, 3.05) is 27.4 Å². The number of aryl methyl sites for hydroxylation is 1. The Labute approximate surface area is 115 Å². The van der Waals surface area contributed by atoms with Crippen molar-refractivity contribution >= 4 is 0 Å². The van der Waals surface area contributed by atoms with Gasteiger partial charge in [-0.15, -0.1) is 0 Å². The van der Waals surface area contributed by atoms with Crippen LogP contribution in [-0.2, 0) is 11.2 Å². The summed E-state index contributed by atoms with van der Waals surface area (Å²) in [5.41, 5.74) is 3.37. The molecule has 1 aliphatic heterocycles. The molecule has 0 bridgehead atoms. The van der Waals surface area contributed by atoms with E-state index in [-0.39, 0.29) is 0 Å². The van der Waals surface area contributed by atoms with Crippen LogP contribution >= 0.6 is 0 Å². The number of aromatic nitrogens is 1. The molecule has 0 amide bonds. The van der Waals surface area contributed by atoms with Crippen LogP contribution in [0.3, 0.4) is 0 Å². The molecule has 0 spiro atoms. The van der Waals surface area contributed by atoms with Crippen LogP contribution in [0.15, 0.2) is 6.20 Å². The molecule has 2 heterocycles. The average molecular weight is 264 g/mol. The lowest BCUT2D eigenvalue weighted by Gasteiger charge is -2.31. The SMILES string of the molecule is CNC1CCOCC1Cc1ncc(C)c(OC)c1C. The van der Waals surface area contributed by atoms with Crippen molar-refractivity contribution in [3.63, 3.8) is 0 Å². The van der Waals surface area contributed by atoms with Crippen molar-refractivity contribution in [1.82, 2.24) is 10.3 Å². The van der Waals surface area contributed by atoms with Gasteiger partial charge in [0.25, 0.3) is 0 Å². The minimum absolute atomic E-state index is 0.484. The maximum absolute atomic E-state index is 5.61. The zero-order valence-electron chi connectivity index (χ0n) is 12.3. The summed E-state index contributed by atoms with van der Waals surface area (Å²) in [5.74, 6) is 1.44. The van der Waals surface area contributed by atoms with Gasteiger partial charge in [0.2, 0.25) is 0 Å². The van der Waals surface area contributed by atoms with Crippen molar-refractivity contribution in [3.05, 3.63) is 23.0 Å². The van der Waals surface area contributed by atoms with Gasteiger partial charge in [-0.1, -0.05) is 0 Å². The number of methoxy groups -OCH3 is 1. The zero-order chi connectivity index (χ0) is 13.8. The molecule has 4 nitrogen and oxygen atoms in total. The van der Waals surface area contributed by atoms with Crippen LogP contribution < -0.4 is 10.1 Å². The van der Waals surface area contributed by atoms with Crippen LogP contribution in [0.4, 0.5) is 0 Å². The highest BCUT2D eigenvalue weighted by Gasteiger charge is 2.26. The molecule has 0 radical (unpaired) electrons. The maximum atomic E-state index is 5.61. The van der Waals surface area contributed by atoms with Gasteiger partial charge in [0.05, 0.1) is 13.7 Å². The molecule has 0 saturated carbocycles. The number of pyridine rings is 1. The lowest BCUT2D eigenvalue weighted by Crippen LogP contribution is -2.42. The van der Waals surface area contributed by atoms with Crippen molar-refractivity contribution in [2.45, 2.75) is 32.7 Å². The highest BCUT2D eigenvalue weighted by atomic mass is 16.5. The molecule has 1 aliphatic rings. The molecule has 1 N–H and O–H groups in total. The van der Waals surface area contributed by atoms with Gasteiger partial charge in [-0.3, -0.25) is 4.98 Å². The maximum Gasteiger partial charge on any atom is 0.128 e. The van der Waals surface area contributed by atoms with E-state index in [2.05, 4.69) is 17.2 Å². The van der Waals surface area contributed by atoms with E-state index < -0.39 is 0 Å². The molecule has 2 unspecified atom stereocenters. The second kappa shape index (κ2) is 6.35. The molecule has 0 aliphatic carbocycles. The largest absolute Gasteiger partial charge is 0.496 e. The van der Waals surface area contributed by atoms with Crippen molar-refractivity contribution < 1.29 is 9.47 Å². The predicted molar refractivity (Wildman–Crippen MR) is 75.7 cm³/mol. The summed E-state index contributed by atoms with van der Waals surface area (Å²) in [6.45, 7) is 5.78. The minimum atomic E-state index is 0.484. The molecule has 1 saturated heterocycles. The van der Waals surface area contributed by atoms with Crippen molar-refractivity contribution in [3.8, 4) is 5.75 Å². The monoisotopic (exact) mass is 264 g/mol. The highest BCUT2D eigenvalue weighted by molar-refractivity contribution is 5.41. The molecule has 1 fully saturated rings.